The van der Waals surface area contributed by atoms with Crippen LogP contribution in [0.15, 0.2) is 97.1 Å². The first kappa shape index (κ1) is 20.1. The number of thiophene rings is 2. The highest BCUT2D eigenvalue weighted by atomic mass is 32.1. The number of ketones is 2. The van der Waals surface area contributed by atoms with E-state index in [0.717, 1.165) is 63.7 Å². The molecule has 0 atom stereocenters. The maximum atomic E-state index is 13.7. The molecule has 36 heavy (non-hydrogen) atoms. The third-order valence-electron chi connectivity index (χ3n) is 7.21. The Balaban J connectivity index is 1.39. The molecule has 2 aliphatic carbocycles. The maximum absolute atomic E-state index is 13.7. The van der Waals surface area contributed by atoms with E-state index in [1.54, 1.807) is 22.7 Å². The molecular weight excluding hydrogens is 480 g/mol. The van der Waals surface area contributed by atoms with Gasteiger partial charge in [0.05, 0.1) is 0 Å². The minimum atomic E-state index is 0.0361. The van der Waals surface area contributed by atoms with Crippen LogP contribution in [-0.4, -0.2) is 11.6 Å². The standard InChI is InChI=1S/C32H16O2S2/c33-29-19-12-14-22-28-20(30(34)24-16-26(36-32(22)24)18-9-5-2-6-10-18)11-13-21(27(19)28)31-23(29)15-25(35-31)17-7-3-1-4-8-17/h1-16H. The monoisotopic (exact) mass is 496 g/mol. The molecule has 2 heterocycles. The molecule has 168 valence electrons. The first-order chi connectivity index (χ1) is 17.7. The van der Waals surface area contributed by atoms with Gasteiger partial charge in [-0.15, -0.1) is 22.7 Å². The number of carbonyl (C=O) groups excluding carboxylic acids is 2. The fraction of sp³-hybridized carbons (Fsp3) is 0. The molecule has 0 bridgehead atoms. The van der Waals surface area contributed by atoms with Gasteiger partial charge in [0.1, 0.15) is 0 Å². The van der Waals surface area contributed by atoms with Crippen LogP contribution in [0.5, 0.6) is 0 Å². The molecule has 0 fully saturated rings. The third-order valence-corrected chi connectivity index (χ3v) is 9.64. The van der Waals surface area contributed by atoms with Gasteiger partial charge in [-0.1, -0.05) is 72.8 Å². The largest absolute Gasteiger partial charge is 0.289 e. The van der Waals surface area contributed by atoms with E-state index < -0.39 is 0 Å². The molecule has 6 aromatic rings. The summed E-state index contributed by atoms with van der Waals surface area (Å²) < 4.78 is 0. The van der Waals surface area contributed by atoms with Gasteiger partial charge in [-0.2, -0.15) is 0 Å². The fourth-order valence-corrected chi connectivity index (χ4v) is 7.94. The van der Waals surface area contributed by atoms with E-state index in [1.165, 1.54) is 0 Å². The van der Waals surface area contributed by atoms with Crippen molar-refractivity contribution in [2.24, 2.45) is 0 Å². The predicted molar refractivity (Wildman–Crippen MR) is 148 cm³/mol. The molecule has 0 saturated heterocycles. The third kappa shape index (κ3) is 2.60. The van der Waals surface area contributed by atoms with Crippen LogP contribution in [0.25, 0.3) is 52.5 Å². The van der Waals surface area contributed by atoms with Crippen LogP contribution in [0.3, 0.4) is 0 Å². The van der Waals surface area contributed by atoms with E-state index in [4.69, 9.17) is 0 Å². The van der Waals surface area contributed by atoms with Crippen molar-refractivity contribution in [3.63, 3.8) is 0 Å². The van der Waals surface area contributed by atoms with Gasteiger partial charge >= 0.3 is 0 Å². The van der Waals surface area contributed by atoms with Crippen LogP contribution in [0, 0.1) is 0 Å². The average Bonchev–Trinajstić information content (AvgIpc) is 3.58. The van der Waals surface area contributed by atoms with Crippen LogP contribution in [-0.2, 0) is 0 Å². The van der Waals surface area contributed by atoms with Gasteiger partial charge in [-0.3, -0.25) is 9.59 Å². The Bertz CT molecular complexity index is 1770. The lowest BCUT2D eigenvalue weighted by molar-refractivity contribution is 0.103. The lowest BCUT2D eigenvalue weighted by Gasteiger charge is -2.23. The van der Waals surface area contributed by atoms with Crippen LogP contribution in [0.2, 0.25) is 0 Å². The zero-order chi connectivity index (χ0) is 24.0. The van der Waals surface area contributed by atoms with Gasteiger partial charge < -0.3 is 0 Å². The molecule has 2 aliphatic rings. The molecular formula is C32H16O2S2. The molecule has 0 radical (unpaired) electrons. The second-order valence-corrected chi connectivity index (χ2v) is 11.3. The number of rotatable bonds is 2. The Hall–Kier alpha value is -4.12. The van der Waals surface area contributed by atoms with Crippen molar-refractivity contribution in [3.8, 4) is 41.8 Å². The molecule has 4 heteroatoms. The minimum absolute atomic E-state index is 0.0361. The number of benzene rings is 4. The summed E-state index contributed by atoms with van der Waals surface area (Å²) in [7, 11) is 0. The summed E-state index contributed by atoms with van der Waals surface area (Å²) in [6.07, 6.45) is 0. The Morgan fingerprint density at radius 2 is 0.806 bits per heavy atom. The molecule has 0 N–H and O–H groups in total. The highest BCUT2D eigenvalue weighted by molar-refractivity contribution is 7.20. The molecule has 4 aromatic carbocycles. The van der Waals surface area contributed by atoms with Crippen molar-refractivity contribution in [1.29, 1.82) is 0 Å². The minimum Gasteiger partial charge on any atom is -0.289 e. The topological polar surface area (TPSA) is 34.1 Å². The van der Waals surface area contributed by atoms with Crippen molar-refractivity contribution in [1.82, 2.24) is 0 Å². The van der Waals surface area contributed by atoms with Gasteiger partial charge in [0.2, 0.25) is 0 Å². The lowest BCUT2D eigenvalue weighted by Crippen LogP contribution is -2.13. The highest BCUT2D eigenvalue weighted by Gasteiger charge is 2.34. The van der Waals surface area contributed by atoms with Gasteiger partial charge in [-0.05, 0) is 35.4 Å². The van der Waals surface area contributed by atoms with E-state index in [-0.39, 0.29) is 11.6 Å². The van der Waals surface area contributed by atoms with Crippen molar-refractivity contribution in [2.75, 3.05) is 0 Å². The maximum Gasteiger partial charge on any atom is 0.195 e. The van der Waals surface area contributed by atoms with E-state index in [9.17, 15) is 9.59 Å². The van der Waals surface area contributed by atoms with Gasteiger partial charge in [0.25, 0.3) is 0 Å². The normalized spacial score (nSPS) is 13.1. The van der Waals surface area contributed by atoms with Crippen molar-refractivity contribution in [3.05, 3.63) is 119 Å². The van der Waals surface area contributed by atoms with Gasteiger partial charge in [0.15, 0.2) is 11.6 Å². The first-order valence-corrected chi connectivity index (χ1v) is 13.4. The number of hydrogen-bond acceptors (Lipinski definition) is 4. The first-order valence-electron chi connectivity index (χ1n) is 11.8. The zero-order valence-electron chi connectivity index (χ0n) is 18.9. The Labute approximate surface area is 215 Å². The predicted octanol–water partition coefficient (Wildman–Crippen LogP) is 8.72. The van der Waals surface area contributed by atoms with E-state index in [1.807, 2.05) is 72.8 Å². The van der Waals surface area contributed by atoms with Crippen LogP contribution in [0.4, 0.5) is 0 Å². The molecule has 0 amide bonds. The molecule has 0 spiro atoms. The van der Waals surface area contributed by atoms with Crippen LogP contribution >= 0.6 is 22.7 Å². The fourth-order valence-electron chi connectivity index (χ4n) is 5.55. The highest BCUT2D eigenvalue weighted by Crippen LogP contribution is 2.52. The Morgan fingerprint density at radius 3 is 1.22 bits per heavy atom. The second-order valence-electron chi connectivity index (χ2n) is 9.17. The molecule has 0 aliphatic heterocycles. The summed E-state index contributed by atoms with van der Waals surface area (Å²) in [6.45, 7) is 0. The van der Waals surface area contributed by atoms with E-state index in [2.05, 4.69) is 24.3 Å². The quantitative estimate of drug-likeness (QED) is 0.240. The van der Waals surface area contributed by atoms with Crippen molar-refractivity contribution >= 4 is 45.0 Å². The second kappa shape index (κ2) is 7.20. The molecule has 2 aromatic heterocycles. The Kier molecular flexibility index (Phi) is 4.02. The number of fused-ring (bicyclic) bond motifs is 4. The molecule has 0 unspecified atom stereocenters. The summed E-state index contributed by atoms with van der Waals surface area (Å²) in [6, 6.07) is 32.4. The van der Waals surface area contributed by atoms with Crippen molar-refractivity contribution < 1.29 is 9.59 Å². The van der Waals surface area contributed by atoms with E-state index in [0.29, 0.717) is 11.1 Å². The average molecular weight is 497 g/mol. The van der Waals surface area contributed by atoms with Gasteiger partial charge in [-0.25, -0.2) is 0 Å². The van der Waals surface area contributed by atoms with Crippen LogP contribution < -0.4 is 0 Å². The van der Waals surface area contributed by atoms with Crippen LogP contribution in [0.1, 0.15) is 31.8 Å². The Morgan fingerprint density at radius 1 is 0.417 bits per heavy atom. The lowest BCUT2D eigenvalue weighted by atomic mass is 9.79. The summed E-state index contributed by atoms with van der Waals surface area (Å²) in [5.74, 6) is 0.0723. The number of hydrogen-bond donors (Lipinski definition) is 0. The SMILES string of the molecule is O=C1c2cc(-c3ccccc3)sc2-c2ccc3c4c(ccc1c24)-c1sc(-c2ccccc2)cc1C3=O. The summed E-state index contributed by atoms with van der Waals surface area (Å²) in [4.78, 5) is 31.6. The van der Waals surface area contributed by atoms with Gasteiger partial charge in [0, 0.05) is 63.7 Å². The summed E-state index contributed by atoms with van der Waals surface area (Å²) in [5.41, 5.74) is 7.18. The smallest absolute Gasteiger partial charge is 0.195 e. The zero-order valence-corrected chi connectivity index (χ0v) is 20.5. The number of carbonyl (C=O) groups is 2. The molecule has 0 saturated carbocycles. The summed E-state index contributed by atoms with van der Waals surface area (Å²) >= 11 is 3.30. The van der Waals surface area contributed by atoms with Crippen molar-refractivity contribution in [2.45, 2.75) is 0 Å². The molecule has 8 rings (SSSR count). The van der Waals surface area contributed by atoms with E-state index >= 15 is 0 Å². The summed E-state index contributed by atoms with van der Waals surface area (Å²) in [5, 5.41) is 1.83. The molecule has 2 nitrogen and oxygen atoms in total.